The molecule has 1 atom stereocenters. The van der Waals surface area contributed by atoms with Gasteiger partial charge in [-0.3, -0.25) is 9.89 Å². The fourth-order valence-corrected chi connectivity index (χ4v) is 3.61. The maximum atomic E-state index is 13.0. The first-order valence-electron chi connectivity index (χ1n) is 8.14. The van der Waals surface area contributed by atoms with Gasteiger partial charge in [0.1, 0.15) is 0 Å². The van der Waals surface area contributed by atoms with Gasteiger partial charge in [-0.2, -0.15) is 5.10 Å². The lowest BCUT2D eigenvalue weighted by Crippen LogP contribution is -2.30. The van der Waals surface area contributed by atoms with Gasteiger partial charge < -0.3 is 4.90 Å². The monoisotopic (exact) mass is 339 g/mol. The highest BCUT2D eigenvalue weighted by molar-refractivity contribution is 6.30. The highest BCUT2D eigenvalue weighted by Crippen LogP contribution is 2.34. The van der Waals surface area contributed by atoms with Crippen LogP contribution in [0.25, 0.3) is 10.9 Å². The number of fused-ring (bicyclic) bond motifs is 1. The van der Waals surface area contributed by atoms with Crippen LogP contribution in [0.3, 0.4) is 0 Å². The number of aryl methyl sites for hydroxylation is 1. The van der Waals surface area contributed by atoms with E-state index in [0.717, 1.165) is 46.6 Å². The Labute approximate surface area is 145 Å². The van der Waals surface area contributed by atoms with Crippen molar-refractivity contribution in [3.8, 4) is 0 Å². The Morgan fingerprint density at radius 2 is 2.04 bits per heavy atom. The number of hydrogen-bond acceptors (Lipinski definition) is 2. The molecule has 24 heavy (non-hydrogen) atoms. The van der Waals surface area contributed by atoms with Gasteiger partial charge in [0.05, 0.1) is 17.3 Å². The number of halogens is 1. The summed E-state index contributed by atoms with van der Waals surface area (Å²) in [4.78, 5) is 15.0. The molecule has 1 amide bonds. The number of aromatic amines is 1. The number of nitrogens with one attached hydrogen (secondary N) is 1. The summed E-state index contributed by atoms with van der Waals surface area (Å²) in [6, 6.07) is 13.7. The van der Waals surface area contributed by atoms with Crippen molar-refractivity contribution in [1.82, 2.24) is 15.1 Å². The minimum atomic E-state index is 0.0787. The Balaban J connectivity index is 1.66. The minimum absolute atomic E-state index is 0.0787. The summed E-state index contributed by atoms with van der Waals surface area (Å²) in [7, 11) is 0. The Hall–Kier alpha value is -2.33. The second-order valence-electron chi connectivity index (χ2n) is 6.28. The average Bonchev–Trinajstić information content (AvgIpc) is 3.22. The van der Waals surface area contributed by atoms with Crippen LogP contribution < -0.4 is 0 Å². The van der Waals surface area contributed by atoms with Crippen LogP contribution in [0.2, 0.25) is 5.02 Å². The molecule has 1 saturated heterocycles. The molecule has 0 radical (unpaired) electrons. The Morgan fingerprint density at radius 3 is 2.83 bits per heavy atom. The third-order valence-electron chi connectivity index (χ3n) is 4.77. The number of carbonyl (C=O) groups excluding carboxylic acids is 1. The van der Waals surface area contributed by atoms with Crippen molar-refractivity contribution >= 4 is 28.4 Å². The average molecular weight is 340 g/mol. The molecule has 1 aliphatic rings. The SMILES string of the molecule is Cc1n[nH]c2ccc(C(=O)N3CCC[C@@H]3c3ccc(Cl)cc3)cc12. The molecular formula is C19H18ClN3O. The molecule has 1 aliphatic heterocycles. The molecule has 2 heterocycles. The zero-order valence-electron chi connectivity index (χ0n) is 13.4. The molecule has 1 aromatic heterocycles. The molecule has 0 bridgehead atoms. The van der Waals surface area contributed by atoms with Gasteiger partial charge in [-0.15, -0.1) is 0 Å². The lowest BCUT2D eigenvalue weighted by atomic mass is 10.0. The summed E-state index contributed by atoms with van der Waals surface area (Å²) < 4.78 is 0. The van der Waals surface area contributed by atoms with E-state index in [-0.39, 0.29) is 11.9 Å². The van der Waals surface area contributed by atoms with Crippen LogP contribution in [0.4, 0.5) is 0 Å². The van der Waals surface area contributed by atoms with Crippen LogP contribution in [-0.2, 0) is 0 Å². The summed E-state index contributed by atoms with van der Waals surface area (Å²) in [5.41, 5.74) is 3.73. The quantitative estimate of drug-likeness (QED) is 0.747. The summed E-state index contributed by atoms with van der Waals surface area (Å²) in [5.74, 6) is 0.0787. The molecule has 2 aromatic carbocycles. The number of carbonyl (C=O) groups is 1. The van der Waals surface area contributed by atoms with E-state index in [4.69, 9.17) is 11.6 Å². The second kappa shape index (κ2) is 5.95. The van der Waals surface area contributed by atoms with Gasteiger partial charge in [0, 0.05) is 22.5 Å². The number of rotatable bonds is 2. The van der Waals surface area contributed by atoms with E-state index in [1.54, 1.807) is 0 Å². The van der Waals surface area contributed by atoms with Crippen LogP contribution in [-0.4, -0.2) is 27.5 Å². The molecule has 0 aliphatic carbocycles. The van der Waals surface area contributed by atoms with Gasteiger partial charge in [-0.05, 0) is 55.7 Å². The number of hydrogen-bond donors (Lipinski definition) is 1. The highest BCUT2D eigenvalue weighted by atomic mass is 35.5. The first kappa shape index (κ1) is 15.2. The van der Waals surface area contributed by atoms with Crippen molar-refractivity contribution in [2.24, 2.45) is 0 Å². The number of aromatic nitrogens is 2. The van der Waals surface area contributed by atoms with Crippen molar-refractivity contribution in [2.75, 3.05) is 6.54 Å². The zero-order valence-corrected chi connectivity index (χ0v) is 14.2. The second-order valence-corrected chi connectivity index (χ2v) is 6.71. The molecule has 4 nitrogen and oxygen atoms in total. The van der Waals surface area contributed by atoms with Crippen molar-refractivity contribution in [3.63, 3.8) is 0 Å². The number of benzene rings is 2. The lowest BCUT2D eigenvalue weighted by Gasteiger charge is -2.25. The van der Waals surface area contributed by atoms with E-state index in [2.05, 4.69) is 10.2 Å². The van der Waals surface area contributed by atoms with Crippen LogP contribution in [0.15, 0.2) is 42.5 Å². The predicted molar refractivity (Wildman–Crippen MR) is 95.3 cm³/mol. The number of nitrogens with zero attached hydrogens (tertiary/aromatic N) is 2. The number of likely N-dealkylation sites (tertiary alicyclic amines) is 1. The minimum Gasteiger partial charge on any atom is -0.332 e. The molecule has 0 spiro atoms. The molecule has 0 unspecified atom stereocenters. The molecule has 1 N–H and O–H groups in total. The largest absolute Gasteiger partial charge is 0.332 e. The van der Waals surface area contributed by atoms with Crippen molar-refractivity contribution in [1.29, 1.82) is 0 Å². The van der Waals surface area contributed by atoms with Gasteiger partial charge in [0.15, 0.2) is 0 Å². The number of H-pyrrole nitrogens is 1. The van der Waals surface area contributed by atoms with Gasteiger partial charge in [0.25, 0.3) is 5.91 Å². The zero-order chi connectivity index (χ0) is 16.7. The maximum absolute atomic E-state index is 13.0. The van der Waals surface area contributed by atoms with E-state index in [9.17, 15) is 4.79 Å². The van der Waals surface area contributed by atoms with Crippen molar-refractivity contribution < 1.29 is 4.79 Å². The van der Waals surface area contributed by atoms with Gasteiger partial charge in [0.2, 0.25) is 0 Å². The summed E-state index contributed by atoms with van der Waals surface area (Å²) in [6.07, 6.45) is 2.01. The molecular weight excluding hydrogens is 322 g/mol. The van der Waals surface area contributed by atoms with Gasteiger partial charge in [-0.25, -0.2) is 0 Å². The fraction of sp³-hybridized carbons (Fsp3) is 0.263. The van der Waals surface area contributed by atoms with Crippen LogP contribution in [0.1, 0.15) is 40.5 Å². The molecule has 4 rings (SSSR count). The molecule has 122 valence electrons. The molecule has 3 aromatic rings. The first-order chi connectivity index (χ1) is 11.6. The summed E-state index contributed by atoms with van der Waals surface area (Å²) in [5, 5.41) is 8.90. The van der Waals surface area contributed by atoms with Crippen LogP contribution in [0, 0.1) is 6.92 Å². The van der Waals surface area contributed by atoms with E-state index in [1.165, 1.54) is 0 Å². The Bertz CT molecular complexity index is 901. The summed E-state index contributed by atoms with van der Waals surface area (Å²) >= 11 is 5.98. The number of amides is 1. The standard InChI is InChI=1S/C19H18ClN3O/c1-12-16-11-14(6-9-17(16)22-21-12)19(24)23-10-2-3-18(23)13-4-7-15(20)8-5-13/h4-9,11,18H,2-3,10H2,1H3,(H,21,22)/t18-/m1/s1. The van der Waals surface area contributed by atoms with Crippen LogP contribution in [0.5, 0.6) is 0 Å². The summed E-state index contributed by atoms with van der Waals surface area (Å²) in [6.45, 7) is 2.73. The van der Waals surface area contributed by atoms with Gasteiger partial charge >= 0.3 is 0 Å². The topological polar surface area (TPSA) is 49.0 Å². The van der Waals surface area contributed by atoms with Crippen molar-refractivity contribution in [3.05, 3.63) is 64.3 Å². The predicted octanol–water partition coefficient (Wildman–Crippen LogP) is 4.50. The highest BCUT2D eigenvalue weighted by Gasteiger charge is 2.30. The fourth-order valence-electron chi connectivity index (χ4n) is 3.49. The first-order valence-corrected chi connectivity index (χ1v) is 8.52. The normalized spacial score (nSPS) is 17.6. The van der Waals surface area contributed by atoms with Crippen LogP contribution >= 0.6 is 11.6 Å². The Kier molecular flexibility index (Phi) is 3.77. The van der Waals surface area contributed by atoms with E-state index in [1.807, 2.05) is 54.3 Å². The third kappa shape index (κ3) is 2.57. The molecule has 0 saturated carbocycles. The van der Waals surface area contributed by atoms with Gasteiger partial charge in [-0.1, -0.05) is 23.7 Å². The smallest absolute Gasteiger partial charge is 0.254 e. The van der Waals surface area contributed by atoms with E-state index in [0.29, 0.717) is 5.56 Å². The van der Waals surface area contributed by atoms with Crippen molar-refractivity contribution in [2.45, 2.75) is 25.8 Å². The maximum Gasteiger partial charge on any atom is 0.254 e. The molecule has 5 heteroatoms. The van der Waals surface area contributed by atoms with E-state index >= 15 is 0 Å². The third-order valence-corrected chi connectivity index (χ3v) is 5.02. The van der Waals surface area contributed by atoms with E-state index < -0.39 is 0 Å². The lowest BCUT2D eigenvalue weighted by molar-refractivity contribution is 0.0736. The molecule has 1 fully saturated rings. The Morgan fingerprint density at radius 1 is 1.25 bits per heavy atom.